The Kier molecular flexibility index (Phi) is 4.43. The summed E-state index contributed by atoms with van der Waals surface area (Å²) in [6, 6.07) is 8.35. The summed E-state index contributed by atoms with van der Waals surface area (Å²) in [6.07, 6.45) is 0.477. The third kappa shape index (κ3) is 3.70. The second-order valence-electron chi connectivity index (χ2n) is 5.31. The molecule has 1 aromatic carbocycles. The number of benzene rings is 1. The maximum absolute atomic E-state index is 11.8. The second-order valence-corrected chi connectivity index (χ2v) is 5.31. The minimum atomic E-state index is -0.417. The molecule has 2 unspecified atom stereocenters. The topological polar surface area (TPSA) is 50.4 Å². The van der Waals surface area contributed by atoms with Gasteiger partial charge in [-0.15, -0.1) is 0 Å². The molecule has 0 aliphatic carbocycles. The molecule has 1 heterocycles. The van der Waals surface area contributed by atoms with E-state index < -0.39 is 6.10 Å². The highest BCUT2D eigenvalue weighted by Crippen LogP contribution is 2.22. The standard InChI is InChI=1S/C15H22N2O2/c1-10(2)17-15(18)11(3)19-13-8-12-6-4-5-7-14(12)16-9-13/h4-7,10-11,13,16H,8-9H2,1-3H3,(H,17,18). The van der Waals surface area contributed by atoms with E-state index in [0.29, 0.717) is 0 Å². The van der Waals surface area contributed by atoms with Crippen molar-refractivity contribution >= 4 is 11.6 Å². The molecule has 104 valence electrons. The molecule has 4 heteroatoms. The molecular formula is C15H22N2O2. The Hall–Kier alpha value is -1.55. The van der Waals surface area contributed by atoms with Crippen molar-refractivity contribution in [3.8, 4) is 0 Å². The molecule has 0 spiro atoms. The fourth-order valence-corrected chi connectivity index (χ4v) is 2.26. The Labute approximate surface area is 114 Å². The molecule has 4 nitrogen and oxygen atoms in total. The minimum absolute atomic E-state index is 0.0443. The number of fused-ring (bicyclic) bond motifs is 1. The van der Waals surface area contributed by atoms with Gasteiger partial charge in [0.15, 0.2) is 0 Å². The van der Waals surface area contributed by atoms with Gasteiger partial charge in [-0.2, -0.15) is 0 Å². The lowest BCUT2D eigenvalue weighted by atomic mass is 10.0. The number of hydrogen-bond donors (Lipinski definition) is 2. The summed E-state index contributed by atoms with van der Waals surface area (Å²) >= 11 is 0. The van der Waals surface area contributed by atoms with Crippen LogP contribution in [0.1, 0.15) is 26.3 Å². The maximum Gasteiger partial charge on any atom is 0.249 e. The van der Waals surface area contributed by atoms with Crippen molar-refractivity contribution in [2.24, 2.45) is 0 Å². The zero-order valence-electron chi connectivity index (χ0n) is 11.8. The van der Waals surface area contributed by atoms with Crippen molar-refractivity contribution in [1.82, 2.24) is 5.32 Å². The van der Waals surface area contributed by atoms with Crippen molar-refractivity contribution in [1.29, 1.82) is 0 Å². The summed E-state index contributed by atoms with van der Waals surface area (Å²) in [5.74, 6) is -0.0474. The molecule has 1 aromatic rings. The van der Waals surface area contributed by atoms with Crippen LogP contribution in [-0.2, 0) is 16.0 Å². The van der Waals surface area contributed by atoms with Gasteiger partial charge in [0.05, 0.1) is 6.10 Å². The predicted octanol–water partition coefficient (Wildman–Crippen LogP) is 1.95. The van der Waals surface area contributed by atoms with Gasteiger partial charge in [0.1, 0.15) is 6.10 Å². The molecule has 1 amide bonds. The molecule has 0 saturated heterocycles. The molecule has 1 aliphatic rings. The number of carbonyl (C=O) groups excluding carboxylic acids is 1. The zero-order valence-corrected chi connectivity index (χ0v) is 11.8. The Morgan fingerprint density at radius 2 is 2.11 bits per heavy atom. The fourth-order valence-electron chi connectivity index (χ4n) is 2.26. The lowest BCUT2D eigenvalue weighted by molar-refractivity contribution is -0.135. The predicted molar refractivity (Wildman–Crippen MR) is 76.2 cm³/mol. The van der Waals surface area contributed by atoms with Gasteiger partial charge in [0.2, 0.25) is 5.91 Å². The molecule has 0 saturated carbocycles. The van der Waals surface area contributed by atoms with E-state index in [1.807, 2.05) is 26.0 Å². The third-order valence-electron chi connectivity index (χ3n) is 3.18. The number of rotatable bonds is 4. The monoisotopic (exact) mass is 262 g/mol. The van der Waals surface area contributed by atoms with E-state index in [0.717, 1.165) is 13.0 Å². The van der Waals surface area contributed by atoms with Crippen LogP contribution in [0.5, 0.6) is 0 Å². The van der Waals surface area contributed by atoms with Crippen LogP contribution in [0.3, 0.4) is 0 Å². The van der Waals surface area contributed by atoms with Gasteiger partial charge < -0.3 is 15.4 Å². The fraction of sp³-hybridized carbons (Fsp3) is 0.533. The SMILES string of the molecule is CC(C)NC(=O)C(C)OC1CNc2ccccc2C1. The van der Waals surface area contributed by atoms with E-state index >= 15 is 0 Å². The highest BCUT2D eigenvalue weighted by molar-refractivity contribution is 5.80. The Bertz CT molecular complexity index is 446. The van der Waals surface area contributed by atoms with Crippen LogP contribution >= 0.6 is 0 Å². The zero-order chi connectivity index (χ0) is 13.8. The largest absolute Gasteiger partial charge is 0.382 e. The van der Waals surface area contributed by atoms with E-state index in [9.17, 15) is 4.79 Å². The van der Waals surface area contributed by atoms with Gasteiger partial charge in [0.25, 0.3) is 0 Å². The summed E-state index contributed by atoms with van der Waals surface area (Å²) in [5.41, 5.74) is 2.41. The lowest BCUT2D eigenvalue weighted by Gasteiger charge is -2.28. The normalized spacial score (nSPS) is 19.5. The Morgan fingerprint density at radius 1 is 1.37 bits per heavy atom. The number of hydrogen-bond acceptors (Lipinski definition) is 3. The van der Waals surface area contributed by atoms with Gasteiger partial charge >= 0.3 is 0 Å². The minimum Gasteiger partial charge on any atom is -0.382 e. The number of amides is 1. The molecule has 0 fully saturated rings. The summed E-state index contributed by atoms with van der Waals surface area (Å²) in [4.78, 5) is 11.8. The van der Waals surface area contributed by atoms with Crippen molar-refractivity contribution in [2.75, 3.05) is 11.9 Å². The van der Waals surface area contributed by atoms with Crippen molar-refractivity contribution in [2.45, 2.75) is 45.4 Å². The summed E-state index contributed by atoms with van der Waals surface area (Å²) in [7, 11) is 0. The lowest BCUT2D eigenvalue weighted by Crippen LogP contribution is -2.42. The average Bonchev–Trinajstić information content (AvgIpc) is 2.37. The first-order chi connectivity index (χ1) is 9.06. The molecule has 2 N–H and O–H groups in total. The van der Waals surface area contributed by atoms with E-state index in [4.69, 9.17) is 4.74 Å². The first-order valence-electron chi connectivity index (χ1n) is 6.84. The molecule has 0 radical (unpaired) electrons. The smallest absolute Gasteiger partial charge is 0.249 e. The highest BCUT2D eigenvalue weighted by Gasteiger charge is 2.23. The molecule has 2 rings (SSSR count). The van der Waals surface area contributed by atoms with Crippen LogP contribution in [-0.4, -0.2) is 30.7 Å². The van der Waals surface area contributed by atoms with E-state index in [-0.39, 0.29) is 18.1 Å². The summed E-state index contributed by atoms with van der Waals surface area (Å²) in [5, 5.41) is 6.21. The Balaban J connectivity index is 1.90. The number of anilines is 1. The van der Waals surface area contributed by atoms with Gasteiger partial charge in [-0.05, 0) is 32.4 Å². The first-order valence-corrected chi connectivity index (χ1v) is 6.84. The van der Waals surface area contributed by atoms with Gasteiger partial charge in [-0.25, -0.2) is 0 Å². The molecule has 0 bridgehead atoms. The third-order valence-corrected chi connectivity index (χ3v) is 3.18. The molecule has 2 atom stereocenters. The number of carbonyl (C=O) groups is 1. The maximum atomic E-state index is 11.8. The van der Waals surface area contributed by atoms with Crippen LogP contribution in [0.4, 0.5) is 5.69 Å². The van der Waals surface area contributed by atoms with E-state index in [2.05, 4.69) is 22.8 Å². The van der Waals surface area contributed by atoms with Gasteiger partial charge in [-0.1, -0.05) is 18.2 Å². The van der Waals surface area contributed by atoms with Crippen LogP contribution in [0.15, 0.2) is 24.3 Å². The second kappa shape index (κ2) is 6.06. The molecule has 1 aliphatic heterocycles. The van der Waals surface area contributed by atoms with Crippen molar-refractivity contribution in [3.63, 3.8) is 0 Å². The van der Waals surface area contributed by atoms with E-state index in [1.54, 1.807) is 6.92 Å². The van der Waals surface area contributed by atoms with Gasteiger partial charge in [0, 0.05) is 24.7 Å². The van der Waals surface area contributed by atoms with Crippen molar-refractivity contribution in [3.05, 3.63) is 29.8 Å². The van der Waals surface area contributed by atoms with Crippen LogP contribution < -0.4 is 10.6 Å². The average molecular weight is 262 g/mol. The van der Waals surface area contributed by atoms with Gasteiger partial charge in [-0.3, -0.25) is 4.79 Å². The molecule has 0 aromatic heterocycles. The molecule has 19 heavy (non-hydrogen) atoms. The number of nitrogens with one attached hydrogen (secondary N) is 2. The quantitative estimate of drug-likeness (QED) is 0.872. The van der Waals surface area contributed by atoms with Crippen LogP contribution in [0, 0.1) is 0 Å². The summed E-state index contributed by atoms with van der Waals surface area (Å²) < 4.78 is 5.84. The van der Waals surface area contributed by atoms with Crippen LogP contribution in [0.25, 0.3) is 0 Å². The Morgan fingerprint density at radius 3 is 2.84 bits per heavy atom. The highest BCUT2D eigenvalue weighted by atomic mass is 16.5. The van der Waals surface area contributed by atoms with E-state index in [1.165, 1.54) is 11.3 Å². The number of para-hydroxylation sites is 1. The molecular weight excluding hydrogens is 240 g/mol. The number of ether oxygens (including phenoxy) is 1. The first kappa shape index (κ1) is 13.9. The summed E-state index contributed by atoms with van der Waals surface area (Å²) in [6.45, 7) is 6.45. The van der Waals surface area contributed by atoms with Crippen molar-refractivity contribution < 1.29 is 9.53 Å². The van der Waals surface area contributed by atoms with Crippen LogP contribution in [0.2, 0.25) is 0 Å².